The van der Waals surface area contributed by atoms with Crippen molar-refractivity contribution in [2.45, 2.75) is 81.1 Å². The minimum atomic E-state index is -3.04. The summed E-state index contributed by atoms with van der Waals surface area (Å²) in [7, 11) is -6.08. The van der Waals surface area contributed by atoms with Crippen molar-refractivity contribution in [3.05, 3.63) is 408 Å². The standard InChI is InChI=1S/C112H90F2N2O2Si2/c1-69(2)87-63-65-95-104(116(102-28-18-24-94-92-20-12-14-30-106(92)118-112(94)102)110-90(22-16-26-100(110)114)78-45-61-86(62-46-78)120(82-53-37-74(8)38-54-82,83-55-39-75(9)40-56-83)84-57-41-76(10)42-58-84)68-98-88(70(3)4)64-66-96-103(67-97(87)107(95)108(96)98)115(101-27-17-23-93-91-19-11-13-29-105(91)117-111(93)101)109-89(21-15-25-99(109)113)77-43-59-85(60-44-77)119(79-47-31-71(5)32-48-79,80-49-33-72(6)34-50-80)81-51-35-73(7)36-52-81/h11-70H,1-10H3. The summed E-state index contributed by atoms with van der Waals surface area (Å²) >= 11 is 0. The van der Waals surface area contributed by atoms with Gasteiger partial charge in [0.05, 0.1) is 34.1 Å². The summed E-state index contributed by atoms with van der Waals surface area (Å²) in [5.74, 6) is -0.788. The van der Waals surface area contributed by atoms with Gasteiger partial charge < -0.3 is 18.6 Å². The summed E-state index contributed by atoms with van der Waals surface area (Å²) in [6.07, 6.45) is 0. The molecular weight excluding hydrogens is 1500 g/mol. The van der Waals surface area contributed by atoms with E-state index in [0.717, 1.165) is 98.7 Å². The van der Waals surface area contributed by atoms with Gasteiger partial charge in [-0.25, -0.2) is 8.78 Å². The van der Waals surface area contributed by atoms with Gasteiger partial charge in [-0.15, -0.1) is 0 Å². The molecule has 0 saturated carbocycles. The third-order valence-electron chi connectivity index (χ3n) is 25.5. The Bertz CT molecular complexity index is 6670. The molecule has 4 nitrogen and oxygen atoms in total. The Hall–Kier alpha value is -13.5. The summed E-state index contributed by atoms with van der Waals surface area (Å²) in [4.78, 5) is 4.33. The topological polar surface area (TPSA) is 32.8 Å². The zero-order valence-corrected chi connectivity index (χ0v) is 71.1. The fourth-order valence-corrected chi connectivity index (χ4v) is 28.8. The molecule has 0 fully saturated rings. The first-order chi connectivity index (χ1) is 58.4. The van der Waals surface area contributed by atoms with Crippen LogP contribution in [0.15, 0.2) is 361 Å². The fraction of sp³-hybridized carbons (Fsp3) is 0.107. The van der Waals surface area contributed by atoms with E-state index in [-0.39, 0.29) is 11.8 Å². The second-order valence-corrected chi connectivity index (χ2v) is 41.3. The van der Waals surface area contributed by atoms with Gasteiger partial charge in [0.25, 0.3) is 0 Å². The minimum absolute atomic E-state index is 0.00647. The van der Waals surface area contributed by atoms with E-state index in [1.54, 1.807) is 12.1 Å². The van der Waals surface area contributed by atoms with Gasteiger partial charge in [-0.3, -0.25) is 0 Å². The maximum Gasteiger partial charge on any atom is 0.179 e. The summed E-state index contributed by atoms with van der Waals surface area (Å²) in [6, 6.07) is 127. The highest BCUT2D eigenvalue weighted by molar-refractivity contribution is 7.20. The molecule has 2 aromatic heterocycles. The van der Waals surface area contributed by atoms with Gasteiger partial charge in [0, 0.05) is 43.4 Å². The molecule has 0 aliphatic carbocycles. The molecule has 0 spiro atoms. The predicted octanol–water partition coefficient (Wildman–Crippen LogP) is 25.8. The molecule has 0 N–H and O–H groups in total. The number of hydrogen-bond acceptors (Lipinski definition) is 4. The van der Waals surface area contributed by atoms with Crippen molar-refractivity contribution in [3.63, 3.8) is 0 Å². The van der Waals surface area contributed by atoms with Crippen LogP contribution in [-0.4, -0.2) is 16.1 Å². The van der Waals surface area contributed by atoms with Gasteiger partial charge in [0.1, 0.15) is 22.8 Å². The van der Waals surface area contributed by atoms with Crippen LogP contribution in [0.5, 0.6) is 0 Å². The average Bonchev–Trinajstić information content (AvgIpc) is 0.831. The smallest absolute Gasteiger partial charge is 0.179 e. The fourth-order valence-electron chi connectivity index (χ4n) is 19.5. The van der Waals surface area contributed by atoms with Crippen LogP contribution >= 0.6 is 0 Å². The number of furan rings is 2. The first kappa shape index (κ1) is 75.3. The van der Waals surface area contributed by atoms with Crippen molar-refractivity contribution in [1.29, 1.82) is 0 Å². The molecule has 0 aliphatic heterocycles. The predicted molar refractivity (Wildman–Crippen MR) is 509 cm³/mol. The van der Waals surface area contributed by atoms with Crippen LogP contribution < -0.4 is 51.3 Å². The number of para-hydroxylation sites is 6. The molecule has 8 heteroatoms. The lowest BCUT2D eigenvalue weighted by atomic mass is 9.83. The number of anilines is 6. The van der Waals surface area contributed by atoms with Crippen molar-refractivity contribution < 1.29 is 17.6 Å². The molecular formula is C112H90F2N2O2Si2. The van der Waals surface area contributed by atoms with Gasteiger partial charge >= 0.3 is 0 Å². The number of rotatable bonds is 18. The molecule has 20 aromatic rings. The third-order valence-corrected chi connectivity index (χ3v) is 35.1. The number of fused-ring (bicyclic) bond motifs is 6. The van der Waals surface area contributed by atoms with E-state index < -0.39 is 27.8 Å². The molecule has 0 unspecified atom stereocenters. The molecule has 0 aliphatic rings. The summed E-state index contributed by atoms with van der Waals surface area (Å²) in [6.45, 7) is 21.9. The lowest BCUT2D eigenvalue weighted by Gasteiger charge is -2.35. The molecule has 582 valence electrons. The minimum Gasteiger partial charge on any atom is -0.454 e. The van der Waals surface area contributed by atoms with E-state index in [9.17, 15) is 0 Å². The van der Waals surface area contributed by atoms with E-state index in [2.05, 4.69) is 370 Å². The number of nitrogens with zero attached hydrogens (tertiary/aromatic N) is 2. The second kappa shape index (κ2) is 29.8. The highest BCUT2D eigenvalue weighted by atomic mass is 28.3. The summed E-state index contributed by atoms with van der Waals surface area (Å²) in [5, 5.41) is 19.6. The maximum atomic E-state index is 19.1. The summed E-state index contributed by atoms with van der Waals surface area (Å²) in [5.41, 5.74) is 18.9. The van der Waals surface area contributed by atoms with Gasteiger partial charge in [-0.05, 0) is 187 Å². The molecule has 0 atom stereocenters. The Morgan fingerprint density at radius 3 is 0.825 bits per heavy atom. The lowest BCUT2D eigenvalue weighted by molar-refractivity contribution is 0.628. The Morgan fingerprint density at radius 2 is 0.525 bits per heavy atom. The van der Waals surface area contributed by atoms with Crippen molar-refractivity contribution >= 4 is 168 Å². The van der Waals surface area contributed by atoms with Crippen molar-refractivity contribution in [2.24, 2.45) is 0 Å². The lowest BCUT2D eigenvalue weighted by Crippen LogP contribution is -2.74. The van der Waals surface area contributed by atoms with Crippen LogP contribution in [0, 0.1) is 53.2 Å². The van der Waals surface area contributed by atoms with Crippen LogP contribution in [-0.2, 0) is 0 Å². The summed E-state index contributed by atoms with van der Waals surface area (Å²) < 4.78 is 52.5. The van der Waals surface area contributed by atoms with Crippen LogP contribution in [0.1, 0.15) is 84.0 Å². The van der Waals surface area contributed by atoms with Gasteiger partial charge in [0.15, 0.2) is 27.3 Å². The van der Waals surface area contributed by atoms with E-state index in [1.807, 2.05) is 48.5 Å². The Balaban J connectivity index is 0.841. The first-order valence-electron chi connectivity index (χ1n) is 41.9. The highest BCUT2D eigenvalue weighted by Gasteiger charge is 2.44. The number of aryl methyl sites for hydroxylation is 6. The monoisotopic (exact) mass is 1590 g/mol. The van der Waals surface area contributed by atoms with Gasteiger partial charge in [-0.2, -0.15) is 0 Å². The van der Waals surface area contributed by atoms with Gasteiger partial charge in [0.2, 0.25) is 0 Å². The SMILES string of the molecule is Cc1ccc([Si](c2ccc(C)cc2)(c2ccc(C)cc2)c2ccc(-c3cccc(F)c3N(c3cc4c(C(C)C)ccc5c(N(c6c(F)cccc6-c6ccc([Si](c7ccc(C)cc7)(c7ccc(C)cc7)c7ccc(C)cc7)cc6)c6cccc7c6oc6ccccc67)cc6c(C(C)C)ccc3c6c45)c3cccc4c3oc3ccccc34)cc2)cc1. The molecule has 18 aromatic carbocycles. The third kappa shape index (κ3) is 12.2. The second-order valence-electron chi connectivity index (χ2n) is 33.6. The Labute approximate surface area is 701 Å². The number of benzene rings is 18. The number of halogens is 2. The highest BCUT2D eigenvalue weighted by Crippen LogP contribution is 2.56. The zero-order chi connectivity index (χ0) is 82.0. The molecule has 20 rings (SSSR count). The maximum absolute atomic E-state index is 19.1. The molecule has 120 heavy (non-hydrogen) atoms. The molecule has 0 amide bonds. The normalized spacial score (nSPS) is 12.2. The molecule has 0 radical (unpaired) electrons. The van der Waals surface area contributed by atoms with Crippen LogP contribution in [0.4, 0.5) is 42.9 Å². The van der Waals surface area contributed by atoms with Crippen molar-refractivity contribution in [3.8, 4) is 22.3 Å². The van der Waals surface area contributed by atoms with Gasteiger partial charge in [-0.1, -0.05) is 364 Å². The number of hydrogen-bond donors (Lipinski definition) is 0. The average molecular weight is 1590 g/mol. The van der Waals surface area contributed by atoms with Crippen LogP contribution in [0.25, 0.3) is 98.4 Å². The van der Waals surface area contributed by atoms with Crippen LogP contribution in [0.2, 0.25) is 0 Å². The van der Waals surface area contributed by atoms with Crippen molar-refractivity contribution in [2.75, 3.05) is 9.80 Å². The zero-order valence-electron chi connectivity index (χ0n) is 69.1. The van der Waals surface area contributed by atoms with Crippen molar-refractivity contribution in [1.82, 2.24) is 0 Å². The first-order valence-corrected chi connectivity index (χ1v) is 45.9. The van der Waals surface area contributed by atoms with Crippen LogP contribution in [0.3, 0.4) is 0 Å². The van der Waals surface area contributed by atoms with E-state index in [4.69, 9.17) is 8.83 Å². The Morgan fingerprint density at radius 1 is 0.250 bits per heavy atom. The molecule has 0 bridgehead atoms. The van der Waals surface area contributed by atoms with E-state index in [0.29, 0.717) is 45.0 Å². The Kier molecular flexibility index (Phi) is 18.7. The van der Waals surface area contributed by atoms with E-state index in [1.165, 1.54) is 74.9 Å². The van der Waals surface area contributed by atoms with E-state index >= 15 is 8.78 Å². The quantitative estimate of drug-likeness (QED) is 0.0487. The molecule has 2 heterocycles. The molecule has 0 saturated heterocycles. The largest absolute Gasteiger partial charge is 0.454 e.